The lowest BCUT2D eigenvalue weighted by Gasteiger charge is -2.15. The maximum Gasteiger partial charge on any atom is 0.310 e. The van der Waals surface area contributed by atoms with Gasteiger partial charge in [-0.1, -0.05) is 50.6 Å². The molecule has 0 spiro atoms. The fourth-order valence-electron chi connectivity index (χ4n) is 2.98. The Labute approximate surface area is 157 Å². The van der Waals surface area contributed by atoms with E-state index in [2.05, 4.69) is 18.2 Å². The molecule has 26 heavy (non-hydrogen) atoms. The molecule has 5 nitrogen and oxygen atoms in total. The van der Waals surface area contributed by atoms with Gasteiger partial charge < -0.3 is 19.7 Å². The first-order valence-corrected chi connectivity index (χ1v) is 9.68. The summed E-state index contributed by atoms with van der Waals surface area (Å²) in [7, 11) is 0. The van der Waals surface area contributed by atoms with Crippen molar-refractivity contribution in [1.29, 1.82) is 0 Å². The molecular weight excluding hydrogens is 332 g/mol. The summed E-state index contributed by atoms with van der Waals surface area (Å²) in [5.41, 5.74) is 0. The molecule has 1 aliphatic heterocycles. The van der Waals surface area contributed by atoms with Gasteiger partial charge in [0.1, 0.15) is 0 Å². The van der Waals surface area contributed by atoms with Gasteiger partial charge in [-0.3, -0.25) is 4.79 Å². The molecule has 2 N–H and O–H groups in total. The van der Waals surface area contributed by atoms with Crippen LogP contribution in [-0.2, 0) is 14.3 Å². The largest absolute Gasteiger partial charge is 0.435 e. The van der Waals surface area contributed by atoms with Gasteiger partial charge in [-0.15, -0.1) is 0 Å². The van der Waals surface area contributed by atoms with E-state index in [4.69, 9.17) is 4.74 Å². The molecule has 1 heterocycles. The third kappa shape index (κ3) is 9.32. The van der Waals surface area contributed by atoms with E-state index in [0.717, 1.165) is 44.8 Å². The van der Waals surface area contributed by atoms with Gasteiger partial charge in [0.25, 0.3) is 0 Å². The van der Waals surface area contributed by atoms with E-state index in [1.165, 1.54) is 0 Å². The molecule has 0 saturated carbocycles. The Kier molecular flexibility index (Phi) is 11.9. The Morgan fingerprint density at radius 2 is 2.15 bits per heavy atom. The van der Waals surface area contributed by atoms with E-state index < -0.39 is 6.10 Å². The van der Waals surface area contributed by atoms with Gasteiger partial charge >= 0.3 is 5.97 Å². The molecule has 4 atom stereocenters. The lowest BCUT2D eigenvalue weighted by Crippen LogP contribution is -2.21. The monoisotopic (exact) mass is 366 g/mol. The van der Waals surface area contributed by atoms with Crippen molar-refractivity contribution in [3.63, 3.8) is 0 Å². The average molecular weight is 366 g/mol. The standard InChI is InChI=1S/C21H34O5/c1-3-5-11-17(22)12-10-13-18-19(23)16-26-20(18)14-8-6-7-9-15-21(24)25-4-2/h4,6,8,10,13,17-20,22-23H,2-3,5,7,9,11-12,14-16H2,1H3/t17?,18-,19?,20+/m0/s1. The minimum atomic E-state index is -0.494. The molecule has 0 amide bonds. The molecule has 5 heteroatoms. The summed E-state index contributed by atoms with van der Waals surface area (Å²) in [6.45, 7) is 5.81. The Bertz CT molecular complexity index is 457. The van der Waals surface area contributed by atoms with Gasteiger partial charge in [-0.05, 0) is 32.1 Å². The molecule has 0 aliphatic carbocycles. The van der Waals surface area contributed by atoms with Crippen LogP contribution in [0.1, 0.15) is 58.3 Å². The number of esters is 1. The fourth-order valence-corrected chi connectivity index (χ4v) is 2.98. The number of aliphatic hydroxyl groups is 2. The zero-order valence-corrected chi connectivity index (χ0v) is 15.9. The smallest absolute Gasteiger partial charge is 0.310 e. The van der Waals surface area contributed by atoms with E-state index in [-0.39, 0.29) is 24.1 Å². The highest BCUT2D eigenvalue weighted by Gasteiger charge is 2.33. The molecule has 0 bridgehead atoms. The summed E-state index contributed by atoms with van der Waals surface area (Å²) < 4.78 is 10.3. The summed E-state index contributed by atoms with van der Waals surface area (Å²) in [5.74, 6) is -0.303. The summed E-state index contributed by atoms with van der Waals surface area (Å²) in [5, 5.41) is 20.0. The van der Waals surface area contributed by atoms with Crippen LogP contribution in [0.15, 0.2) is 37.1 Å². The first-order valence-electron chi connectivity index (χ1n) is 9.68. The minimum absolute atomic E-state index is 0.0411. The van der Waals surface area contributed by atoms with Gasteiger partial charge in [0.2, 0.25) is 0 Å². The average Bonchev–Trinajstić information content (AvgIpc) is 2.96. The lowest BCUT2D eigenvalue weighted by molar-refractivity contribution is -0.138. The van der Waals surface area contributed by atoms with E-state index in [1.54, 1.807) is 0 Å². The van der Waals surface area contributed by atoms with E-state index in [0.29, 0.717) is 19.4 Å². The number of hydrogen-bond donors (Lipinski definition) is 2. The molecule has 0 aromatic heterocycles. The Hall–Kier alpha value is -1.43. The zero-order valence-electron chi connectivity index (χ0n) is 15.9. The second kappa shape index (κ2) is 13.7. The van der Waals surface area contributed by atoms with Crippen LogP contribution < -0.4 is 0 Å². The van der Waals surface area contributed by atoms with E-state index in [1.807, 2.05) is 24.3 Å². The first kappa shape index (κ1) is 22.6. The first-order chi connectivity index (χ1) is 12.6. The molecule has 0 radical (unpaired) electrons. The molecule has 1 saturated heterocycles. The van der Waals surface area contributed by atoms with Crippen LogP contribution in [0.2, 0.25) is 0 Å². The van der Waals surface area contributed by atoms with E-state index >= 15 is 0 Å². The molecule has 148 valence electrons. The third-order valence-electron chi connectivity index (χ3n) is 4.51. The number of rotatable bonds is 13. The van der Waals surface area contributed by atoms with Crippen molar-refractivity contribution < 1.29 is 24.5 Å². The Morgan fingerprint density at radius 3 is 2.88 bits per heavy atom. The molecule has 1 aliphatic rings. The number of carbonyl (C=O) groups excluding carboxylic acids is 1. The summed E-state index contributed by atoms with van der Waals surface area (Å²) in [6, 6.07) is 0. The van der Waals surface area contributed by atoms with Gasteiger partial charge in [0.15, 0.2) is 0 Å². The minimum Gasteiger partial charge on any atom is -0.435 e. The van der Waals surface area contributed by atoms with Gasteiger partial charge in [-0.2, -0.15) is 0 Å². The van der Waals surface area contributed by atoms with Crippen molar-refractivity contribution in [2.75, 3.05) is 6.61 Å². The highest BCUT2D eigenvalue weighted by molar-refractivity contribution is 5.69. The molecule has 0 aromatic rings. The maximum absolute atomic E-state index is 11.2. The van der Waals surface area contributed by atoms with Crippen LogP contribution in [0.5, 0.6) is 0 Å². The number of unbranched alkanes of at least 4 members (excludes halogenated alkanes) is 2. The predicted octanol–water partition coefficient (Wildman–Crippen LogP) is 3.66. The molecule has 1 fully saturated rings. The van der Waals surface area contributed by atoms with Crippen molar-refractivity contribution in [2.24, 2.45) is 5.92 Å². The second-order valence-corrected chi connectivity index (χ2v) is 6.73. The fraction of sp³-hybridized carbons (Fsp3) is 0.667. The topological polar surface area (TPSA) is 76.0 Å². The van der Waals surface area contributed by atoms with Gasteiger partial charge in [0.05, 0.1) is 31.2 Å². The second-order valence-electron chi connectivity index (χ2n) is 6.73. The quantitative estimate of drug-likeness (QED) is 0.225. The van der Waals surface area contributed by atoms with Gasteiger partial charge in [0, 0.05) is 12.3 Å². The number of carbonyl (C=O) groups is 1. The summed E-state index contributed by atoms with van der Waals surface area (Å²) in [6.07, 6.45) is 14.5. The number of allylic oxidation sites excluding steroid dienone is 1. The van der Waals surface area contributed by atoms with Crippen LogP contribution in [0.4, 0.5) is 0 Å². The molecule has 0 aromatic carbocycles. The van der Waals surface area contributed by atoms with Gasteiger partial charge in [-0.25, -0.2) is 0 Å². The van der Waals surface area contributed by atoms with Crippen molar-refractivity contribution in [1.82, 2.24) is 0 Å². The molecule has 2 unspecified atom stereocenters. The lowest BCUT2D eigenvalue weighted by atomic mass is 9.95. The zero-order chi connectivity index (χ0) is 19.2. The van der Waals surface area contributed by atoms with Crippen molar-refractivity contribution in [3.05, 3.63) is 37.1 Å². The van der Waals surface area contributed by atoms with Crippen LogP contribution in [0.25, 0.3) is 0 Å². The highest BCUT2D eigenvalue weighted by Crippen LogP contribution is 2.26. The van der Waals surface area contributed by atoms with Crippen LogP contribution in [-0.4, -0.2) is 41.1 Å². The highest BCUT2D eigenvalue weighted by atomic mass is 16.5. The summed E-state index contributed by atoms with van der Waals surface area (Å²) in [4.78, 5) is 11.2. The number of hydrogen-bond acceptors (Lipinski definition) is 5. The van der Waals surface area contributed by atoms with Crippen molar-refractivity contribution in [3.8, 4) is 0 Å². The van der Waals surface area contributed by atoms with Crippen molar-refractivity contribution >= 4 is 5.97 Å². The predicted molar refractivity (Wildman–Crippen MR) is 102 cm³/mol. The maximum atomic E-state index is 11.2. The van der Waals surface area contributed by atoms with E-state index in [9.17, 15) is 15.0 Å². The van der Waals surface area contributed by atoms with Crippen LogP contribution in [0, 0.1) is 5.92 Å². The van der Waals surface area contributed by atoms with Crippen molar-refractivity contribution in [2.45, 2.75) is 76.6 Å². The molecule has 1 rings (SSSR count). The van der Waals surface area contributed by atoms with Crippen LogP contribution in [0.3, 0.4) is 0 Å². The Morgan fingerprint density at radius 1 is 1.35 bits per heavy atom. The normalized spacial score (nSPS) is 24.3. The number of aliphatic hydroxyl groups excluding tert-OH is 2. The van der Waals surface area contributed by atoms with Crippen LogP contribution >= 0.6 is 0 Å². The third-order valence-corrected chi connectivity index (χ3v) is 4.51. The molecular formula is C21H34O5. The SMILES string of the molecule is C=COC(=O)CCCC=CC[C@H]1OCC(O)[C@@H]1C=CCC(O)CCCC. The summed E-state index contributed by atoms with van der Waals surface area (Å²) >= 11 is 0. The number of ether oxygens (including phenoxy) is 2. The Balaban J connectivity index is 2.30.